The van der Waals surface area contributed by atoms with Crippen LogP contribution in [0.3, 0.4) is 0 Å². The molecule has 0 radical (unpaired) electrons. The molecule has 0 aliphatic heterocycles. The molecule has 2 N–H and O–H groups in total. The van der Waals surface area contributed by atoms with Gasteiger partial charge in [-0.05, 0) is 25.0 Å². The Morgan fingerprint density at radius 1 is 1.40 bits per heavy atom. The fourth-order valence-electron chi connectivity index (χ4n) is 2.69. The molecule has 0 heterocycles. The highest BCUT2D eigenvalue weighted by molar-refractivity contribution is 5.65. The molecule has 0 bridgehead atoms. The molecule has 0 spiro atoms. The maximum atomic E-state index is 11.1. The van der Waals surface area contributed by atoms with Crippen LogP contribution in [0, 0.1) is 21.4 Å². The van der Waals surface area contributed by atoms with Crippen LogP contribution in [0.2, 0.25) is 0 Å². The van der Waals surface area contributed by atoms with Crippen molar-refractivity contribution in [3.8, 4) is 6.07 Å². The zero-order valence-corrected chi connectivity index (χ0v) is 11.1. The Hall–Kier alpha value is -2.13. The number of rotatable bonds is 4. The fourth-order valence-corrected chi connectivity index (χ4v) is 2.69. The van der Waals surface area contributed by atoms with E-state index in [1.54, 1.807) is 12.1 Å². The van der Waals surface area contributed by atoms with E-state index in [4.69, 9.17) is 5.26 Å². The van der Waals surface area contributed by atoms with E-state index in [-0.39, 0.29) is 17.9 Å². The molecule has 0 saturated heterocycles. The van der Waals surface area contributed by atoms with Gasteiger partial charge in [0.2, 0.25) is 0 Å². The van der Waals surface area contributed by atoms with E-state index in [9.17, 15) is 15.2 Å². The smallest absolute Gasteiger partial charge is 0.293 e. The van der Waals surface area contributed by atoms with E-state index >= 15 is 0 Å². The summed E-state index contributed by atoms with van der Waals surface area (Å²) in [7, 11) is 0. The quantitative estimate of drug-likeness (QED) is 0.650. The number of hydrogen-bond donors (Lipinski definition) is 2. The number of nitro groups is 1. The molecule has 6 nitrogen and oxygen atoms in total. The van der Waals surface area contributed by atoms with Gasteiger partial charge in [-0.1, -0.05) is 19.3 Å². The fraction of sp³-hybridized carbons (Fsp3) is 0.500. The van der Waals surface area contributed by atoms with E-state index in [0.717, 1.165) is 32.1 Å². The second-order valence-corrected chi connectivity index (χ2v) is 5.22. The number of aliphatic hydroxyl groups is 1. The molecule has 1 aliphatic carbocycles. The van der Waals surface area contributed by atoms with E-state index in [1.807, 2.05) is 6.07 Å². The van der Waals surface area contributed by atoms with Gasteiger partial charge < -0.3 is 10.4 Å². The van der Waals surface area contributed by atoms with Crippen LogP contribution in [-0.2, 0) is 0 Å². The first-order valence-corrected chi connectivity index (χ1v) is 6.68. The molecule has 1 aromatic rings. The molecule has 2 rings (SSSR count). The molecule has 0 aromatic heterocycles. The SMILES string of the molecule is N#Cc1ccc(NC2(CO)CCCCC2)c([N+](=O)[O-])c1. The summed E-state index contributed by atoms with van der Waals surface area (Å²) in [4.78, 5) is 10.6. The number of hydrogen-bond acceptors (Lipinski definition) is 5. The van der Waals surface area contributed by atoms with Crippen LogP contribution in [0.15, 0.2) is 18.2 Å². The topological polar surface area (TPSA) is 99.2 Å². The summed E-state index contributed by atoms with van der Waals surface area (Å²) in [6.45, 7) is -0.0514. The van der Waals surface area contributed by atoms with Gasteiger partial charge in [0.15, 0.2) is 0 Å². The minimum Gasteiger partial charge on any atom is -0.394 e. The lowest BCUT2D eigenvalue weighted by molar-refractivity contribution is -0.384. The molecule has 1 aromatic carbocycles. The number of nitriles is 1. The van der Waals surface area contributed by atoms with Crippen molar-refractivity contribution in [1.29, 1.82) is 5.26 Å². The highest BCUT2D eigenvalue weighted by Crippen LogP contribution is 2.35. The van der Waals surface area contributed by atoms with Gasteiger partial charge in [-0.3, -0.25) is 10.1 Å². The van der Waals surface area contributed by atoms with Crippen molar-refractivity contribution >= 4 is 11.4 Å². The molecule has 20 heavy (non-hydrogen) atoms. The minimum absolute atomic E-state index is 0.0514. The van der Waals surface area contributed by atoms with Gasteiger partial charge in [-0.15, -0.1) is 0 Å². The summed E-state index contributed by atoms with van der Waals surface area (Å²) in [5, 5.41) is 32.7. The second kappa shape index (κ2) is 5.88. The zero-order valence-electron chi connectivity index (χ0n) is 11.1. The molecular weight excluding hydrogens is 258 g/mol. The number of nitro benzene ring substituents is 1. The van der Waals surface area contributed by atoms with Crippen molar-refractivity contribution in [2.24, 2.45) is 0 Å². The lowest BCUT2D eigenvalue weighted by atomic mass is 9.82. The van der Waals surface area contributed by atoms with Gasteiger partial charge in [0.1, 0.15) is 5.69 Å². The van der Waals surface area contributed by atoms with Crippen molar-refractivity contribution in [3.05, 3.63) is 33.9 Å². The van der Waals surface area contributed by atoms with Crippen molar-refractivity contribution in [2.45, 2.75) is 37.6 Å². The monoisotopic (exact) mass is 275 g/mol. The number of aliphatic hydroxyl groups excluding tert-OH is 1. The first-order chi connectivity index (χ1) is 9.60. The Morgan fingerprint density at radius 2 is 2.10 bits per heavy atom. The molecule has 1 fully saturated rings. The number of nitrogens with zero attached hydrogens (tertiary/aromatic N) is 2. The molecule has 1 saturated carbocycles. The Morgan fingerprint density at radius 3 is 2.65 bits per heavy atom. The average molecular weight is 275 g/mol. The summed E-state index contributed by atoms with van der Waals surface area (Å²) in [5.41, 5.74) is 0.00769. The minimum atomic E-state index is -0.503. The van der Waals surface area contributed by atoms with Gasteiger partial charge in [-0.25, -0.2) is 0 Å². The lowest BCUT2D eigenvalue weighted by Crippen LogP contribution is -2.44. The van der Waals surface area contributed by atoms with Crippen molar-refractivity contribution < 1.29 is 10.0 Å². The molecule has 6 heteroatoms. The molecule has 0 atom stereocenters. The maximum Gasteiger partial charge on any atom is 0.293 e. The van der Waals surface area contributed by atoms with Crippen LogP contribution in [0.1, 0.15) is 37.7 Å². The summed E-state index contributed by atoms with van der Waals surface area (Å²) < 4.78 is 0. The Balaban J connectivity index is 2.32. The van der Waals surface area contributed by atoms with Gasteiger partial charge in [-0.2, -0.15) is 5.26 Å². The van der Waals surface area contributed by atoms with Crippen LogP contribution in [0.25, 0.3) is 0 Å². The predicted molar refractivity (Wildman–Crippen MR) is 74.3 cm³/mol. The summed E-state index contributed by atoms with van der Waals surface area (Å²) in [6, 6.07) is 6.24. The first-order valence-electron chi connectivity index (χ1n) is 6.68. The van der Waals surface area contributed by atoms with Gasteiger partial charge >= 0.3 is 0 Å². The Kier molecular flexibility index (Phi) is 4.20. The molecule has 106 valence electrons. The van der Waals surface area contributed by atoms with Gasteiger partial charge in [0, 0.05) is 6.07 Å². The average Bonchev–Trinajstić information content (AvgIpc) is 2.48. The second-order valence-electron chi connectivity index (χ2n) is 5.22. The molecule has 1 aliphatic rings. The number of benzene rings is 1. The number of nitrogens with one attached hydrogen (secondary N) is 1. The highest BCUT2D eigenvalue weighted by atomic mass is 16.6. The van der Waals surface area contributed by atoms with Crippen LogP contribution in [0.4, 0.5) is 11.4 Å². The highest BCUT2D eigenvalue weighted by Gasteiger charge is 2.33. The van der Waals surface area contributed by atoms with Gasteiger partial charge in [0.25, 0.3) is 5.69 Å². The van der Waals surface area contributed by atoms with Crippen molar-refractivity contribution in [3.63, 3.8) is 0 Å². The third-order valence-corrected chi connectivity index (χ3v) is 3.84. The van der Waals surface area contributed by atoms with Crippen LogP contribution in [-0.4, -0.2) is 22.2 Å². The van der Waals surface area contributed by atoms with E-state index in [1.165, 1.54) is 6.07 Å². The first kappa shape index (κ1) is 14.3. The Bertz CT molecular complexity index is 545. The summed E-state index contributed by atoms with van der Waals surface area (Å²) >= 11 is 0. The summed E-state index contributed by atoms with van der Waals surface area (Å²) in [6.07, 6.45) is 4.70. The van der Waals surface area contributed by atoms with E-state index in [0.29, 0.717) is 5.69 Å². The molecule has 0 amide bonds. The van der Waals surface area contributed by atoms with Gasteiger partial charge in [0.05, 0.1) is 28.7 Å². The van der Waals surface area contributed by atoms with Crippen LogP contribution < -0.4 is 5.32 Å². The Labute approximate surface area is 117 Å². The summed E-state index contributed by atoms with van der Waals surface area (Å²) in [5.74, 6) is 0. The standard InChI is InChI=1S/C14H17N3O3/c15-9-11-4-5-12(13(8-11)17(19)20)16-14(10-18)6-2-1-3-7-14/h4-5,8,16,18H,1-3,6-7,10H2. The normalized spacial score (nSPS) is 17.2. The van der Waals surface area contributed by atoms with E-state index in [2.05, 4.69) is 5.32 Å². The van der Waals surface area contributed by atoms with Crippen molar-refractivity contribution in [2.75, 3.05) is 11.9 Å². The third kappa shape index (κ3) is 2.89. The van der Waals surface area contributed by atoms with E-state index < -0.39 is 10.5 Å². The maximum absolute atomic E-state index is 11.1. The largest absolute Gasteiger partial charge is 0.394 e. The lowest BCUT2D eigenvalue weighted by Gasteiger charge is -2.37. The predicted octanol–water partition coefficient (Wildman–Crippen LogP) is 2.57. The van der Waals surface area contributed by atoms with Crippen molar-refractivity contribution in [1.82, 2.24) is 0 Å². The third-order valence-electron chi connectivity index (χ3n) is 3.84. The van der Waals surface area contributed by atoms with Crippen LogP contribution in [0.5, 0.6) is 0 Å². The number of anilines is 1. The molecule has 0 unspecified atom stereocenters. The zero-order chi connectivity index (χ0) is 14.6. The molecular formula is C14H17N3O3. The van der Waals surface area contributed by atoms with Crippen LogP contribution >= 0.6 is 0 Å².